The summed E-state index contributed by atoms with van der Waals surface area (Å²) >= 11 is 0. The van der Waals surface area contributed by atoms with Gasteiger partial charge in [0.1, 0.15) is 0 Å². The summed E-state index contributed by atoms with van der Waals surface area (Å²) in [5.74, 6) is 2.69. The molecule has 0 aliphatic heterocycles. The van der Waals surface area contributed by atoms with Gasteiger partial charge in [-0.1, -0.05) is 26.7 Å². The minimum atomic E-state index is 0.716. The molecular formula is C12H23N. The van der Waals surface area contributed by atoms with E-state index in [1.54, 1.807) is 0 Å². The van der Waals surface area contributed by atoms with Gasteiger partial charge in [0.15, 0.2) is 0 Å². The van der Waals surface area contributed by atoms with E-state index in [0.29, 0.717) is 6.04 Å². The summed E-state index contributed by atoms with van der Waals surface area (Å²) in [6.07, 6.45) is 12.4. The van der Waals surface area contributed by atoms with Gasteiger partial charge in [0, 0.05) is 12.5 Å². The topological polar surface area (TPSA) is 12.0 Å². The van der Waals surface area contributed by atoms with Crippen molar-refractivity contribution in [1.82, 2.24) is 5.32 Å². The second kappa shape index (κ2) is 9.61. The van der Waals surface area contributed by atoms with Crippen LogP contribution in [0.3, 0.4) is 0 Å². The Morgan fingerprint density at radius 1 is 1.23 bits per heavy atom. The first-order valence-electron chi connectivity index (χ1n) is 5.52. The third-order valence-electron chi connectivity index (χ3n) is 2.25. The van der Waals surface area contributed by atoms with Crippen molar-refractivity contribution in [1.29, 1.82) is 0 Å². The van der Waals surface area contributed by atoms with Crippen LogP contribution >= 0.6 is 0 Å². The lowest BCUT2D eigenvalue weighted by Gasteiger charge is -2.16. The van der Waals surface area contributed by atoms with Crippen molar-refractivity contribution in [2.45, 2.75) is 58.4 Å². The average molecular weight is 181 g/mol. The largest absolute Gasteiger partial charge is 0.314 e. The van der Waals surface area contributed by atoms with Crippen LogP contribution in [0.15, 0.2) is 0 Å². The Labute approximate surface area is 83.3 Å². The van der Waals surface area contributed by atoms with E-state index in [9.17, 15) is 0 Å². The minimum absolute atomic E-state index is 0.716. The van der Waals surface area contributed by atoms with E-state index in [1.807, 2.05) is 0 Å². The van der Waals surface area contributed by atoms with Gasteiger partial charge in [0.05, 0.1) is 0 Å². The number of terminal acetylenes is 1. The fourth-order valence-electron chi connectivity index (χ4n) is 1.60. The molecule has 1 atom stereocenters. The quantitative estimate of drug-likeness (QED) is 0.448. The maximum atomic E-state index is 5.20. The molecule has 0 aromatic rings. The second-order valence-corrected chi connectivity index (χ2v) is 3.49. The molecule has 0 bridgehead atoms. The standard InChI is InChI=1S/C12H23N/c1-4-7-8-9-11-12(10-5-2)13-6-3/h1,12-13H,5-11H2,2-3H3. The van der Waals surface area contributed by atoms with Crippen molar-refractivity contribution in [3.8, 4) is 12.3 Å². The van der Waals surface area contributed by atoms with Crippen LogP contribution in [-0.4, -0.2) is 12.6 Å². The van der Waals surface area contributed by atoms with Crippen LogP contribution in [0.1, 0.15) is 52.4 Å². The zero-order valence-electron chi connectivity index (χ0n) is 9.10. The fraction of sp³-hybridized carbons (Fsp3) is 0.833. The van der Waals surface area contributed by atoms with E-state index in [0.717, 1.165) is 13.0 Å². The highest BCUT2D eigenvalue weighted by Gasteiger charge is 2.04. The van der Waals surface area contributed by atoms with E-state index >= 15 is 0 Å². The van der Waals surface area contributed by atoms with E-state index in [4.69, 9.17) is 6.42 Å². The highest BCUT2D eigenvalue weighted by Crippen LogP contribution is 2.07. The molecule has 1 unspecified atom stereocenters. The third kappa shape index (κ3) is 7.87. The number of nitrogens with one attached hydrogen (secondary N) is 1. The lowest BCUT2D eigenvalue weighted by molar-refractivity contribution is 0.443. The highest BCUT2D eigenvalue weighted by molar-refractivity contribution is 4.83. The van der Waals surface area contributed by atoms with Crippen LogP contribution in [0.4, 0.5) is 0 Å². The van der Waals surface area contributed by atoms with Crippen molar-refractivity contribution in [3.05, 3.63) is 0 Å². The molecule has 0 radical (unpaired) electrons. The normalized spacial score (nSPS) is 12.4. The Bertz CT molecular complexity index is 129. The second-order valence-electron chi connectivity index (χ2n) is 3.49. The maximum absolute atomic E-state index is 5.20. The molecule has 0 aromatic carbocycles. The molecule has 0 amide bonds. The third-order valence-corrected chi connectivity index (χ3v) is 2.25. The Hall–Kier alpha value is -0.480. The highest BCUT2D eigenvalue weighted by atomic mass is 14.9. The first-order valence-corrected chi connectivity index (χ1v) is 5.52. The summed E-state index contributed by atoms with van der Waals surface area (Å²) in [5.41, 5.74) is 0. The molecule has 0 saturated heterocycles. The van der Waals surface area contributed by atoms with Gasteiger partial charge in [-0.25, -0.2) is 0 Å². The average Bonchev–Trinajstić information content (AvgIpc) is 2.13. The summed E-state index contributed by atoms with van der Waals surface area (Å²) in [5, 5.41) is 3.51. The first-order chi connectivity index (χ1) is 6.35. The van der Waals surface area contributed by atoms with Gasteiger partial charge in [0.2, 0.25) is 0 Å². The van der Waals surface area contributed by atoms with Crippen molar-refractivity contribution in [2.24, 2.45) is 0 Å². The molecular weight excluding hydrogens is 158 g/mol. The van der Waals surface area contributed by atoms with Crippen LogP contribution in [0.25, 0.3) is 0 Å². The maximum Gasteiger partial charge on any atom is 0.00860 e. The van der Waals surface area contributed by atoms with Crippen molar-refractivity contribution < 1.29 is 0 Å². The number of hydrogen-bond acceptors (Lipinski definition) is 1. The lowest BCUT2D eigenvalue weighted by atomic mass is 10.0. The van der Waals surface area contributed by atoms with Crippen molar-refractivity contribution in [2.75, 3.05) is 6.54 Å². The molecule has 1 nitrogen and oxygen atoms in total. The van der Waals surface area contributed by atoms with E-state index in [2.05, 4.69) is 25.1 Å². The van der Waals surface area contributed by atoms with Crippen LogP contribution < -0.4 is 5.32 Å². The van der Waals surface area contributed by atoms with Gasteiger partial charge in [-0.3, -0.25) is 0 Å². The summed E-state index contributed by atoms with van der Waals surface area (Å²) in [6, 6.07) is 0.716. The summed E-state index contributed by atoms with van der Waals surface area (Å²) in [7, 11) is 0. The molecule has 0 aliphatic carbocycles. The summed E-state index contributed by atoms with van der Waals surface area (Å²) in [4.78, 5) is 0. The Morgan fingerprint density at radius 2 is 2.00 bits per heavy atom. The molecule has 0 heterocycles. The van der Waals surface area contributed by atoms with Crippen LogP contribution in [0.5, 0.6) is 0 Å². The fourth-order valence-corrected chi connectivity index (χ4v) is 1.60. The molecule has 76 valence electrons. The van der Waals surface area contributed by atoms with Gasteiger partial charge in [-0.15, -0.1) is 12.3 Å². The molecule has 0 fully saturated rings. The van der Waals surface area contributed by atoms with Crippen molar-refractivity contribution in [3.63, 3.8) is 0 Å². The lowest BCUT2D eigenvalue weighted by Crippen LogP contribution is -2.28. The molecule has 0 spiro atoms. The SMILES string of the molecule is C#CCCCCC(CCC)NCC. The summed E-state index contributed by atoms with van der Waals surface area (Å²) in [6.45, 7) is 5.50. The van der Waals surface area contributed by atoms with Gasteiger partial charge in [-0.05, 0) is 25.8 Å². The van der Waals surface area contributed by atoms with E-state index < -0.39 is 0 Å². The molecule has 13 heavy (non-hydrogen) atoms. The number of hydrogen-bond donors (Lipinski definition) is 1. The molecule has 0 saturated carbocycles. The molecule has 1 heteroatoms. The van der Waals surface area contributed by atoms with Gasteiger partial charge < -0.3 is 5.32 Å². The van der Waals surface area contributed by atoms with Crippen LogP contribution in [-0.2, 0) is 0 Å². The Balaban J connectivity index is 3.39. The molecule has 1 N–H and O–H groups in total. The zero-order valence-corrected chi connectivity index (χ0v) is 9.10. The van der Waals surface area contributed by atoms with Crippen LogP contribution in [0, 0.1) is 12.3 Å². The van der Waals surface area contributed by atoms with E-state index in [-0.39, 0.29) is 0 Å². The first kappa shape index (κ1) is 12.5. The summed E-state index contributed by atoms with van der Waals surface area (Å²) < 4.78 is 0. The smallest absolute Gasteiger partial charge is 0.00860 e. The zero-order chi connectivity index (χ0) is 9.94. The van der Waals surface area contributed by atoms with E-state index in [1.165, 1.54) is 32.1 Å². The van der Waals surface area contributed by atoms with Crippen LogP contribution in [0.2, 0.25) is 0 Å². The molecule has 0 rings (SSSR count). The van der Waals surface area contributed by atoms with Crippen molar-refractivity contribution >= 4 is 0 Å². The monoisotopic (exact) mass is 181 g/mol. The number of unbranched alkanes of at least 4 members (excludes halogenated alkanes) is 2. The Kier molecular flexibility index (Phi) is 9.25. The molecule has 0 aromatic heterocycles. The van der Waals surface area contributed by atoms with Gasteiger partial charge in [-0.2, -0.15) is 0 Å². The van der Waals surface area contributed by atoms with Gasteiger partial charge in [0.25, 0.3) is 0 Å². The molecule has 0 aliphatic rings. The van der Waals surface area contributed by atoms with Gasteiger partial charge >= 0.3 is 0 Å². The predicted octanol–water partition coefficient (Wildman–Crippen LogP) is 2.96. The Morgan fingerprint density at radius 3 is 2.54 bits per heavy atom. The number of rotatable bonds is 8. The predicted molar refractivity (Wildman–Crippen MR) is 59.7 cm³/mol. The minimum Gasteiger partial charge on any atom is -0.314 e.